The Morgan fingerprint density at radius 2 is 2.00 bits per heavy atom. The molecule has 2 aromatic rings. The maximum atomic E-state index is 11.0. The molecule has 6 heteroatoms. The van der Waals surface area contributed by atoms with Crippen LogP contribution in [0.1, 0.15) is 52.8 Å². The maximum Gasteiger partial charge on any atom is 0.207 e. The lowest BCUT2D eigenvalue weighted by atomic mass is 9.92. The maximum absolute atomic E-state index is 11.0. The summed E-state index contributed by atoms with van der Waals surface area (Å²) in [5, 5.41) is 3.38. The van der Waals surface area contributed by atoms with E-state index in [1.54, 1.807) is 6.20 Å². The number of ether oxygens (including phenoxy) is 1. The summed E-state index contributed by atoms with van der Waals surface area (Å²) < 4.78 is 5.92. The molecule has 1 aromatic heterocycles. The Morgan fingerprint density at radius 3 is 2.59 bits per heavy atom. The van der Waals surface area contributed by atoms with Crippen LogP contribution in [-0.4, -0.2) is 28.5 Å². The van der Waals surface area contributed by atoms with Crippen molar-refractivity contribution in [2.75, 3.05) is 6.61 Å². The Labute approximate surface area is 166 Å². The quantitative estimate of drug-likeness (QED) is 0.622. The summed E-state index contributed by atoms with van der Waals surface area (Å²) in [6.07, 6.45) is 3.29. The molecule has 0 spiro atoms. The van der Waals surface area contributed by atoms with Crippen molar-refractivity contribution in [3.63, 3.8) is 0 Å². The number of nitrogens with one attached hydrogen (secondary N) is 1. The van der Waals surface area contributed by atoms with Crippen molar-refractivity contribution in [1.82, 2.24) is 15.3 Å². The van der Waals surface area contributed by atoms with E-state index in [0.717, 1.165) is 29.9 Å². The highest BCUT2D eigenvalue weighted by Gasteiger charge is 2.26. The van der Waals surface area contributed by atoms with Crippen LogP contribution < -0.4 is 10.1 Å². The third-order valence-corrected chi connectivity index (χ3v) is 4.53. The predicted octanol–water partition coefficient (Wildman–Crippen LogP) is 4.85. The van der Waals surface area contributed by atoms with Crippen LogP contribution in [0, 0.1) is 5.92 Å². The molecule has 1 N–H and O–H groups in total. The topological polar surface area (TPSA) is 64.1 Å². The predicted molar refractivity (Wildman–Crippen MR) is 109 cm³/mol. The Hall–Kier alpha value is -2.14. The van der Waals surface area contributed by atoms with Crippen molar-refractivity contribution < 1.29 is 9.53 Å². The average molecular weight is 390 g/mol. The molecule has 27 heavy (non-hydrogen) atoms. The van der Waals surface area contributed by atoms with Crippen LogP contribution in [0.25, 0.3) is 11.3 Å². The van der Waals surface area contributed by atoms with Crippen LogP contribution in [-0.2, 0) is 4.79 Å². The monoisotopic (exact) mass is 389 g/mol. The van der Waals surface area contributed by atoms with Crippen LogP contribution in [0.5, 0.6) is 5.75 Å². The minimum atomic E-state index is -0.448. The first kappa shape index (κ1) is 21.2. The molecule has 2 rings (SSSR count). The van der Waals surface area contributed by atoms with E-state index in [1.165, 1.54) is 0 Å². The van der Waals surface area contributed by atoms with Gasteiger partial charge in [0.1, 0.15) is 18.2 Å². The second-order valence-electron chi connectivity index (χ2n) is 7.81. The van der Waals surface area contributed by atoms with Gasteiger partial charge in [0.2, 0.25) is 6.41 Å². The lowest BCUT2D eigenvalue weighted by Crippen LogP contribution is -2.47. The fourth-order valence-corrected chi connectivity index (χ4v) is 3.26. The molecule has 1 amide bonds. The van der Waals surface area contributed by atoms with Gasteiger partial charge >= 0.3 is 0 Å². The smallest absolute Gasteiger partial charge is 0.207 e. The molecule has 146 valence electrons. The molecule has 0 fully saturated rings. The number of benzene rings is 1. The van der Waals surface area contributed by atoms with E-state index in [9.17, 15) is 4.79 Å². The first-order chi connectivity index (χ1) is 12.7. The number of carbonyl (C=O) groups excluding carboxylic acids is 1. The van der Waals surface area contributed by atoms with Crippen LogP contribution in [0.2, 0.25) is 5.02 Å². The van der Waals surface area contributed by atoms with E-state index >= 15 is 0 Å². The van der Waals surface area contributed by atoms with Gasteiger partial charge in [-0.05, 0) is 43.5 Å². The minimum Gasteiger partial charge on any atom is -0.490 e. The fraction of sp³-hybridized carbons (Fsp3) is 0.476. The van der Waals surface area contributed by atoms with Gasteiger partial charge in [-0.15, -0.1) is 0 Å². The number of hydrogen-bond donors (Lipinski definition) is 1. The Bertz CT molecular complexity index is 780. The van der Waals surface area contributed by atoms with Crippen LogP contribution in [0.15, 0.2) is 30.5 Å². The number of amides is 1. The average Bonchev–Trinajstić information content (AvgIpc) is 2.60. The zero-order chi connectivity index (χ0) is 20.0. The van der Waals surface area contributed by atoms with Crippen LogP contribution in [0.4, 0.5) is 0 Å². The van der Waals surface area contributed by atoms with Crippen molar-refractivity contribution in [2.45, 2.75) is 52.5 Å². The number of carbonyl (C=O) groups is 1. The first-order valence-corrected chi connectivity index (χ1v) is 9.59. The highest BCUT2D eigenvalue weighted by molar-refractivity contribution is 6.32. The largest absolute Gasteiger partial charge is 0.490 e. The standard InChI is InChI=1S/C21H28ClN3O2/c1-14(2)11-21(5,24-13-26)12-27-19-7-6-16(10-17(19)22)18-8-9-23-20(25-18)15(3)4/h6-10,13-15H,11-12H2,1-5H3,(H,24,26)/t21-/m0/s1. The van der Waals surface area contributed by atoms with E-state index < -0.39 is 5.54 Å². The molecular weight excluding hydrogens is 362 g/mol. The summed E-state index contributed by atoms with van der Waals surface area (Å²) >= 11 is 6.43. The Balaban J connectivity index is 2.17. The van der Waals surface area contributed by atoms with Gasteiger partial charge in [-0.25, -0.2) is 9.97 Å². The van der Waals surface area contributed by atoms with E-state index in [-0.39, 0.29) is 5.92 Å². The number of halogens is 1. The van der Waals surface area contributed by atoms with Gasteiger partial charge in [0.15, 0.2) is 0 Å². The molecule has 0 unspecified atom stereocenters. The van der Waals surface area contributed by atoms with Crippen molar-refractivity contribution >= 4 is 18.0 Å². The van der Waals surface area contributed by atoms with E-state index in [0.29, 0.717) is 23.3 Å². The molecule has 0 bridgehead atoms. The first-order valence-electron chi connectivity index (χ1n) is 9.21. The fourth-order valence-electron chi connectivity index (χ4n) is 3.03. The summed E-state index contributed by atoms with van der Waals surface area (Å²) in [5.41, 5.74) is 1.29. The molecule has 0 saturated heterocycles. The molecule has 0 aliphatic carbocycles. The summed E-state index contributed by atoms with van der Waals surface area (Å²) in [5.74, 6) is 2.07. The van der Waals surface area contributed by atoms with Gasteiger partial charge in [-0.2, -0.15) is 0 Å². The van der Waals surface area contributed by atoms with Crippen molar-refractivity contribution in [2.24, 2.45) is 5.92 Å². The van der Waals surface area contributed by atoms with Gasteiger partial charge in [0, 0.05) is 17.7 Å². The zero-order valence-corrected chi connectivity index (χ0v) is 17.4. The molecular formula is C21H28ClN3O2. The van der Waals surface area contributed by atoms with E-state index in [1.807, 2.05) is 31.2 Å². The molecule has 0 aliphatic heterocycles. The highest BCUT2D eigenvalue weighted by atomic mass is 35.5. The molecule has 0 aliphatic rings. The van der Waals surface area contributed by atoms with Gasteiger partial charge in [0.25, 0.3) is 0 Å². The van der Waals surface area contributed by atoms with Gasteiger partial charge in [0.05, 0.1) is 16.3 Å². The molecule has 0 radical (unpaired) electrons. The second kappa shape index (κ2) is 9.18. The van der Waals surface area contributed by atoms with Gasteiger partial charge in [-0.3, -0.25) is 4.79 Å². The minimum absolute atomic E-state index is 0.256. The number of hydrogen-bond acceptors (Lipinski definition) is 4. The third-order valence-electron chi connectivity index (χ3n) is 4.23. The highest BCUT2D eigenvalue weighted by Crippen LogP contribution is 2.31. The summed E-state index contributed by atoms with van der Waals surface area (Å²) in [7, 11) is 0. The van der Waals surface area contributed by atoms with Crippen LogP contribution >= 0.6 is 11.6 Å². The van der Waals surface area contributed by atoms with Crippen LogP contribution in [0.3, 0.4) is 0 Å². The van der Waals surface area contributed by atoms with E-state index in [2.05, 4.69) is 43.0 Å². The van der Waals surface area contributed by atoms with Crippen molar-refractivity contribution in [3.8, 4) is 17.0 Å². The van der Waals surface area contributed by atoms with Gasteiger partial charge < -0.3 is 10.1 Å². The Kier molecular flexibility index (Phi) is 7.19. The molecule has 1 heterocycles. The zero-order valence-electron chi connectivity index (χ0n) is 16.6. The van der Waals surface area contributed by atoms with E-state index in [4.69, 9.17) is 16.3 Å². The van der Waals surface area contributed by atoms with Gasteiger partial charge in [-0.1, -0.05) is 39.3 Å². The SMILES string of the molecule is CC(C)C[C@@](C)(COc1ccc(-c2ccnc(C(C)C)n2)cc1Cl)NC=O. The summed E-state index contributed by atoms with van der Waals surface area (Å²) in [4.78, 5) is 19.8. The second-order valence-corrected chi connectivity index (χ2v) is 8.22. The molecule has 0 saturated carbocycles. The number of nitrogens with zero attached hydrogens (tertiary/aromatic N) is 2. The summed E-state index contributed by atoms with van der Waals surface area (Å²) in [6, 6.07) is 7.48. The molecule has 5 nitrogen and oxygen atoms in total. The number of rotatable bonds is 9. The lowest BCUT2D eigenvalue weighted by Gasteiger charge is -2.30. The summed E-state index contributed by atoms with van der Waals surface area (Å²) in [6.45, 7) is 10.7. The Morgan fingerprint density at radius 1 is 1.26 bits per heavy atom. The van der Waals surface area contributed by atoms with Crippen molar-refractivity contribution in [3.05, 3.63) is 41.3 Å². The third kappa shape index (κ3) is 5.93. The molecule has 1 atom stereocenters. The number of aromatic nitrogens is 2. The lowest BCUT2D eigenvalue weighted by molar-refractivity contribution is -0.111. The van der Waals surface area contributed by atoms with Crippen molar-refractivity contribution in [1.29, 1.82) is 0 Å². The molecule has 1 aromatic carbocycles. The normalized spacial score (nSPS) is 13.5.